The van der Waals surface area contributed by atoms with Crippen molar-refractivity contribution in [2.24, 2.45) is 5.92 Å². The van der Waals surface area contributed by atoms with E-state index in [1.165, 1.54) is 0 Å². The Hall–Kier alpha value is -0.0800. The van der Waals surface area contributed by atoms with Crippen molar-refractivity contribution >= 4 is 0 Å². The van der Waals surface area contributed by atoms with Crippen LogP contribution >= 0.6 is 0 Å². The molecule has 0 aliphatic carbocycles. The van der Waals surface area contributed by atoms with Crippen molar-refractivity contribution in [1.82, 2.24) is 0 Å². The Labute approximate surface area is 61.5 Å². The van der Waals surface area contributed by atoms with Crippen molar-refractivity contribution in [3.05, 3.63) is 0 Å². The Bertz CT molecular complexity index is 157. The molecule has 0 aromatic rings. The predicted octanol–water partition coefficient (Wildman–Crippen LogP) is 1.55. The summed E-state index contributed by atoms with van der Waals surface area (Å²) in [6.07, 6.45) is 1.66. The van der Waals surface area contributed by atoms with E-state index in [-0.39, 0.29) is 11.9 Å². The van der Waals surface area contributed by atoms with E-state index >= 15 is 0 Å². The summed E-state index contributed by atoms with van der Waals surface area (Å²) in [5, 5.41) is 0. The molecule has 0 unspecified atom stereocenters. The molecule has 0 aromatic carbocycles. The number of hydrogen-bond acceptors (Lipinski definition) is 2. The Morgan fingerprint density at radius 1 is 1.50 bits per heavy atom. The Morgan fingerprint density at radius 2 is 2.20 bits per heavy atom. The first-order valence-electron chi connectivity index (χ1n) is 4.01. The van der Waals surface area contributed by atoms with Crippen molar-refractivity contribution in [2.75, 3.05) is 0 Å². The fourth-order valence-corrected chi connectivity index (χ4v) is 1.78. The van der Waals surface area contributed by atoms with E-state index in [1.54, 1.807) is 0 Å². The predicted molar refractivity (Wildman–Crippen MR) is 37.6 cm³/mol. The summed E-state index contributed by atoms with van der Waals surface area (Å²) in [7, 11) is 0. The maximum Gasteiger partial charge on any atom is 0.187 e. The van der Waals surface area contributed by atoms with Crippen LogP contribution in [0.3, 0.4) is 0 Å². The molecule has 0 amide bonds. The summed E-state index contributed by atoms with van der Waals surface area (Å²) in [6.45, 7) is 6.51. The molecule has 58 valence electrons. The van der Waals surface area contributed by atoms with E-state index in [2.05, 4.69) is 20.8 Å². The zero-order valence-electron chi connectivity index (χ0n) is 6.76. The summed E-state index contributed by atoms with van der Waals surface area (Å²) in [6, 6.07) is 0. The molecular weight excluding hydrogens is 128 g/mol. The van der Waals surface area contributed by atoms with E-state index in [0.29, 0.717) is 12.0 Å². The Morgan fingerprint density at radius 3 is 2.50 bits per heavy atom. The van der Waals surface area contributed by atoms with Gasteiger partial charge in [0.25, 0.3) is 0 Å². The molecule has 2 saturated heterocycles. The van der Waals surface area contributed by atoms with Crippen LogP contribution in [0.4, 0.5) is 0 Å². The average Bonchev–Trinajstić information content (AvgIpc) is 2.51. The highest BCUT2D eigenvalue weighted by Crippen LogP contribution is 2.52. The van der Waals surface area contributed by atoms with Crippen LogP contribution < -0.4 is 0 Å². The van der Waals surface area contributed by atoms with Crippen LogP contribution in [0.2, 0.25) is 0 Å². The van der Waals surface area contributed by atoms with Gasteiger partial charge in [-0.1, -0.05) is 13.8 Å². The molecule has 0 bridgehead atoms. The summed E-state index contributed by atoms with van der Waals surface area (Å²) in [5.41, 5.74) is 0.0701. The minimum Gasteiger partial charge on any atom is -0.346 e. The highest BCUT2D eigenvalue weighted by atomic mass is 16.8. The van der Waals surface area contributed by atoms with Gasteiger partial charge in [0.1, 0.15) is 5.60 Å². The summed E-state index contributed by atoms with van der Waals surface area (Å²) in [4.78, 5) is 0. The van der Waals surface area contributed by atoms with Crippen LogP contribution in [-0.4, -0.2) is 18.0 Å². The van der Waals surface area contributed by atoms with E-state index in [0.717, 1.165) is 6.42 Å². The van der Waals surface area contributed by atoms with Gasteiger partial charge in [-0.25, -0.2) is 0 Å². The maximum absolute atomic E-state index is 5.58. The van der Waals surface area contributed by atoms with Crippen molar-refractivity contribution in [1.29, 1.82) is 0 Å². The molecule has 2 heteroatoms. The van der Waals surface area contributed by atoms with Gasteiger partial charge in [0, 0.05) is 5.92 Å². The third-order valence-electron chi connectivity index (χ3n) is 2.93. The lowest BCUT2D eigenvalue weighted by Gasteiger charge is -2.17. The van der Waals surface area contributed by atoms with E-state index in [1.807, 2.05) is 0 Å². The Balaban J connectivity index is 2.09. The fourth-order valence-electron chi connectivity index (χ4n) is 1.78. The number of hydrogen-bond donors (Lipinski definition) is 0. The summed E-state index contributed by atoms with van der Waals surface area (Å²) >= 11 is 0. The Kier molecular flexibility index (Phi) is 1.15. The molecule has 2 fully saturated rings. The molecule has 2 aliphatic heterocycles. The van der Waals surface area contributed by atoms with Crippen molar-refractivity contribution in [3.63, 3.8) is 0 Å². The van der Waals surface area contributed by atoms with Gasteiger partial charge in [-0.05, 0) is 13.3 Å². The molecule has 0 radical (unpaired) electrons. The first-order valence-corrected chi connectivity index (χ1v) is 4.01. The second kappa shape index (κ2) is 1.74. The maximum atomic E-state index is 5.58. The average molecular weight is 142 g/mol. The lowest BCUT2D eigenvalue weighted by Crippen LogP contribution is -2.23. The van der Waals surface area contributed by atoms with Crippen molar-refractivity contribution < 1.29 is 9.47 Å². The summed E-state index contributed by atoms with van der Waals surface area (Å²) in [5.74, 6) is 0.572. The number of ether oxygens (including phenoxy) is 2. The van der Waals surface area contributed by atoms with Gasteiger partial charge >= 0.3 is 0 Å². The van der Waals surface area contributed by atoms with Gasteiger partial charge in [0.05, 0.1) is 6.10 Å². The topological polar surface area (TPSA) is 21.8 Å². The third kappa shape index (κ3) is 0.611. The second-order valence-electron chi connectivity index (χ2n) is 3.51. The lowest BCUT2D eigenvalue weighted by atomic mass is 9.92. The molecule has 0 aromatic heterocycles. The van der Waals surface area contributed by atoms with Gasteiger partial charge in [-0.3, -0.25) is 0 Å². The van der Waals surface area contributed by atoms with Crippen LogP contribution in [0, 0.1) is 5.92 Å². The molecule has 2 nitrogen and oxygen atoms in total. The van der Waals surface area contributed by atoms with E-state index in [9.17, 15) is 0 Å². The lowest BCUT2D eigenvalue weighted by molar-refractivity contribution is -0.0398. The van der Waals surface area contributed by atoms with Crippen molar-refractivity contribution in [2.45, 2.75) is 45.2 Å². The number of epoxide rings is 1. The van der Waals surface area contributed by atoms with Gasteiger partial charge in [-0.2, -0.15) is 0 Å². The molecule has 10 heavy (non-hydrogen) atoms. The number of rotatable bonds is 1. The first-order chi connectivity index (χ1) is 4.68. The molecule has 0 saturated carbocycles. The zero-order chi connectivity index (χ0) is 7.35. The minimum absolute atomic E-state index is 0.0701. The van der Waals surface area contributed by atoms with Crippen LogP contribution in [0.15, 0.2) is 0 Å². The van der Waals surface area contributed by atoms with E-state index in [4.69, 9.17) is 9.47 Å². The van der Waals surface area contributed by atoms with Gasteiger partial charge in [0.15, 0.2) is 6.29 Å². The van der Waals surface area contributed by atoms with Gasteiger partial charge < -0.3 is 9.47 Å². The molecule has 2 rings (SSSR count). The van der Waals surface area contributed by atoms with Crippen LogP contribution in [0.1, 0.15) is 27.2 Å². The highest BCUT2D eigenvalue weighted by molar-refractivity contribution is 5.05. The molecule has 0 N–H and O–H groups in total. The molecule has 4 atom stereocenters. The zero-order valence-corrected chi connectivity index (χ0v) is 6.76. The molecule has 0 spiro atoms. The standard InChI is InChI=1S/C8H14O2/c1-4-6-5(2)8(3)7(9-6)10-8/h5-7H,4H2,1-3H3/t5-,6-,7-,8-/m1/s1. The van der Waals surface area contributed by atoms with E-state index < -0.39 is 0 Å². The van der Waals surface area contributed by atoms with Crippen LogP contribution in [0.25, 0.3) is 0 Å². The first kappa shape index (κ1) is 6.62. The van der Waals surface area contributed by atoms with Crippen LogP contribution in [-0.2, 0) is 9.47 Å². The fraction of sp³-hybridized carbons (Fsp3) is 1.00. The summed E-state index contributed by atoms with van der Waals surface area (Å²) < 4.78 is 10.9. The van der Waals surface area contributed by atoms with Gasteiger partial charge in [-0.15, -0.1) is 0 Å². The third-order valence-corrected chi connectivity index (χ3v) is 2.93. The normalized spacial score (nSPS) is 58.5. The SMILES string of the molecule is CC[C@H]1O[C@@H]2O[C@]2(C)[C@@H]1C. The highest BCUT2D eigenvalue weighted by Gasteiger charge is 2.65. The quantitative estimate of drug-likeness (QED) is 0.518. The van der Waals surface area contributed by atoms with Crippen molar-refractivity contribution in [3.8, 4) is 0 Å². The monoisotopic (exact) mass is 142 g/mol. The molecular formula is C8H14O2. The molecule has 2 aliphatic rings. The smallest absolute Gasteiger partial charge is 0.187 e. The van der Waals surface area contributed by atoms with Crippen LogP contribution in [0.5, 0.6) is 0 Å². The largest absolute Gasteiger partial charge is 0.346 e. The second-order valence-corrected chi connectivity index (χ2v) is 3.51. The minimum atomic E-state index is 0.0701. The van der Waals surface area contributed by atoms with Gasteiger partial charge in [0.2, 0.25) is 0 Å². The number of fused-ring (bicyclic) bond motifs is 1. The molecule has 2 heterocycles.